The highest BCUT2D eigenvalue weighted by Crippen LogP contribution is 2.36. The molecule has 0 unspecified atom stereocenters. The maximum atomic E-state index is 12.5. The molecule has 2 amide bonds. The fourth-order valence-electron chi connectivity index (χ4n) is 2.58. The number of carbonyl (C=O) groups is 2. The molecule has 0 aliphatic rings. The summed E-state index contributed by atoms with van der Waals surface area (Å²) in [6.45, 7) is 4.57. The molecule has 0 fully saturated rings. The van der Waals surface area contributed by atoms with Gasteiger partial charge in [0.15, 0.2) is 11.5 Å². The first-order valence-electron chi connectivity index (χ1n) is 9.72. The fraction of sp³-hybridized carbons (Fsp3) is 0.304. The van der Waals surface area contributed by atoms with Gasteiger partial charge in [-0.2, -0.15) is 0 Å². The lowest BCUT2D eigenvalue weighted by Gasteiger charge is -2.15. The van der Waals surface area contributed by atoms with E-state index in [9.17, 15) is 9.59 Å². The number of anilines is 1. The van der Waals surface area contributed by atoms with Gasteiger partial charge in [-0.15, -0.1) is 6.42 Å². The van der Waals surface area contributed by atoms with Crippen molar-refractivity contribution in [2.45, 2.75) is 26.7 Å². The first-order chi connectivity index (χ1) is 14.5. The van der Waals surface area contributed by atoms with E-state index in [1.165, 1.54) is 6.07 Å². The molecule has 0 heterocycles. The monoisotopic (exact) mass is 428 g/mol. The van der Waals surface area contributed by atoms with Gasteiger partial charge in [0.05, 0.1) is 24.8 Å². The zero-order chi connectivity index (χ0) is 21.9. The third-order valence-corrected chi connectivity index (χ3v) is 4.32. The molecule has 0 saturated heterocycles. The summed E-state index contributed by atoms with van der Waals surface area (Å²) >= 11 is 6.31. The fourth-order valence-corrected chi connectivity index (χ4v) is 2.84. The lowest BCUT2D eigenvalue weighted by molar-refractivity contribution is -0.115. The highest BCUT2D eigenvalue weighted by atomic mass is 35.5. The summed E-state index contributed by atoms with van der Waals surface area (Å²) in [6, 6.07) is 9.93. The van der Waals surface area contributed by atoms with Crippen molar-refractivity contribution >= 4 is 29.1 Å². The quantitative estimate of drug-likeness (QED) is 0.437. The second-order valence-corrected chi connectivity index (χ2v) is 6.78. The van der Waals surface area contributed by atoms with E-state index in [2.05, 4.69) is 23.5 Å². The highest BCUT2D eigenvalue weighted by molar-refractivity contribution is 6.32. The Bertz CT molecular complexity index is 937. The standard InChI is InChI=1S/C23H25ClN2O4/c1-4-7-11-30-22-19(24)13-17(14-20(22)29-6-3)23(28)25-15-21(27)26-18-10-8-9-16(5-2)12-18/h2,8-10,12-14H,4,6-7,11,15H2,1,3H3,(H,25,28)(H,26,27). The third-order valence-electron chi connectivity index (χ3n) is 4.04. The van der Waals surface area contributed by atoms with Crippen molar-refractivity contribution in [3.63, 3.8) is 0 Å². The van der Waals surface area contributed by atoms with Gasteiger partial charge >= 0.3 is 0 Å². The van der Waals surface area contributed by atoms with Crippen LogP contribution in [0.1, 0.15) is 42.6 Å². The number of hydrogen-bond acceptors (Lipinski definition) is 4. The maximum absolute atomic E-state index is 12.5. The first kappa shape index (κ1) is 23.1. The summed E-state index contributed by atoms with van der Waals surface area (Å²) in [6.07, 6.45) is 7.21. The molecule has 158 valence electrons. The number of ether oxygens (including phenoxy) is 2. The first-order valence-corrected chi connectivity index (χ1v) is 10.1. The zero-order valence-corrected chi connectivity index (χ0v) is 17.8. The number of nitrogens with one attached hydrogen (secondary N) is 2. The van der Waals surface area contributed by atoms with Gasteiger partial charge in [0.1, 0.15) is 0 Å². The molecule has 2 rings (SSSR count). The molecule has 0 atom stereocenters. The SMILES string of the molecule is C#Cc1cccc(NC(=O)CNC(=O)c2cc(Cl)c(OCCCC)c(OCC)c2)c1. The summed E-state index contributed by atoms with van der Waals surface area (Å²) < 4.78 is 11.3. The van der Waals surface area contributed by atoms with Crippen molar-refractivity contribution in [3.05, 3.63) is 52.5 Å². The summed E-state index contributed by atoms with van der Waals surface area (Å²) in [4.78, 5) is 24.6. The average molecular weight is 429 g/mol. The molecule has 2 N–H and O–H groups in total. The maximum Gasteiger partial charge on any atom is 0.251 e. The number of terminal acetylenes is 1. The Morgan fingerprint density at radius 3 is 2.67 bits per heavy atom. The van der Waals surface area contributed by atoms with Crippen LogP contribution in [0.4, 0.5) is 5.69 Å². The molecule has 6 nitrogen and oxygen atoms in total. The Kier molecular flexibility index (Phi) is 9.04. The Labute approximate surface area is 181 Å². The van der Waals surface area contributed by atoms with Gasteiger partial charge in [-0.3, -0.25) is 9.59 Å². The lowest BCUT2D eigenvalue weighted by Crippen LogP contribution is -2.32. The van der Waals surface area contributed by atoms with E-state index in [4.69, 9.17) is 27.5 Å². The molecule has 7 heteroatoms. The van der Waals surface area contributed by atoms with Crippen LogP contribution in [0.5, 0.6) is 11.5 Å². The van der Waals surface area contributed by atoms with Crippen LogP contribution in [0.2, 0.25) is 5.02 Å². The van der Waals surface area contributed by atoms with Gasteiger partial charge in [-0.05, 0) is 43.7 Å². The lowest BCUT2D eigenvalue weighted by atomic mass is 10.2. The van der Waals surface area contributed by atoms with Crippen molar-refractivity contribution in [2.75, 3.05) is 25.1 Å². The molecule has 0 bridgehead atoms. The predicted octanol–water partition coefficient (Wildman–Crippen LogP) is 4.27. The van der Waals surface area contributed by atoms with Crippen molar-refractivity contribution < 1.29 is 19.1 Å². The molecule has 0 saturated carbocycles. The van der Waals surface area contributed by atoms with Crippen LogP contribution in [-0.2, 0) is 4.79 Å². The number of hydrogen-bond donors (Lipinski definition) is 2. The molecule has 30 heavy (non-hydrogen) atoms. The minimum absolute atomic E-state index is 0.213. The van der Waals surface area contributed by atoms with Gasteiger partial charge in [0, 0.05) is 16.8 Å². The van der Waals surface area contributed by atoms with E-state index in [1.54, 1.807) is 30.3 Å². The van der Waals surface area contributed by atoms with Gasteiger partial charge in [-0.25, -0.2) is 0 Å². The van der Waals surface area contributed by atoms with E-state index in [0.29, 0.717) is 36.0 Å². The van der Waals surface area contributed by atoms with E-state index in [0.717, 1.165) is 12.8 Å². The molecule has 0 radical (unpaired) electrons. The van der Waals surface area contributed by atoms with Crippen LogP contribution in [0, 0.1) is 12.3 Å². The smallest absolute Gasteiger partial charge is 0.251 e. The van der Waals surface area contributed by atoms with Crippen molar-refractivity contribution in [2.24, 2.45) is 0 Å². The summed E-state index contributed by atoms with van der Waals surface area (Å²) in [5, 5.41) is 5.53. The predicted molar refractivity (Wildman–Crippen MR) is 118 cm³/mol. The Morgan fingerprint density at radius 2 is 1.97 bits per heavy atom. The summed E-state index contributed by atoms with van der Waals surface area (Å²) in [5.41, 5.74) is 1.48. The average Bonchev–Trinajstić information content (AvgIpc) is 2.74. The van der Waals surface area contributed by atoms with Gasteiger partial charge in [-0.1, -0.05) is 36.9 Å². The normalized spacial score (nSPS) is 10.1. The van der Waals surface area contributed by atoms with Crippen LogP contribution in [0.3, 0.4) is 0 Å². The third kappa shape index (κ3) is 6.71. The molecule has 2 aromatic rings. The molecule has 0 aliphatic heterocycles. The second kappa shape index (κ2) is 11.7. The molecule has 2 aromatic carbocycles. The van der Waals surface area contributed by atoms with E-state index < -0.39 is 5.91 Å². The minimum Gasteiger partial charge on any atom is -0.490 e. The van der Waals surface area contributed by atoms with E-state index in [1.807, 2.05) is 6.92 Å². The topological polar surface area (TPSA) is 76.7 Å². The van der Waals surface area contributed by atoms with Crippen molar-refractivity contribution in [1.82, 2.24) is 5.32 Å². The number of carbonyl (C=O) groups excluding carboxylic acids is 2. The van der Waals surface area contributed by atoms with Gasteiger partial charge in [0.25, 0.3) is 5.91 Å². The van der Waals surface area contributed by atoms with Crippen LogP contribution in [0.25, 0.3) is 0 Å². The highest BCUT2D eigenvalue weighted by Gasteiger charge is 2.17. The Morgan fingerprint density at radius 1 is 1.17 bits per heavy atom. The molecular weight excluding hydrogens is 404 g/mol. The molecule has 0 aromatic heterocycles. The van der Waals surface area contributed by atoms with Crippen molar-refractivity contribution in [3.8, 4) is 23.8 Å². The van der Waals surface area contributed by atoms with Crippen LogP contribution >= 0.6 is 11.6 Å². The van der Waals surface area contributed by atoms with Gasteiger partial charge in [0.2, 0.25) is 5.91 Å². The van der Waals surface area contributed by atoms with Gasteiger partial charge < -0.3 is 20.1 Å². The van der Waals surface area contributed by atoms with Crippen molar-refractivity contribution in [1.29, 1.82) is 0 Å². The number of benzene rings is 2. The number of rotatable bonds is 10. The number of halogens is 1. The molecule has 0 aliphatic carbocycles. The molecular formula is C23H25ClN2O4. The summed E-state index contributed by atoms with van der Waals surface area (Å²) in [5.74, 6) is 2.47. The molecule has 0 spiro atoms. The van der Waals surface area contributed by atoms with Crippen LogP contribution < -0.4 is 20.1 Å². The van der Waals surface area contributed by atoms with E-state index in [-0.39, 0.29) is 23.0 Å². The minimum atomic E-state index is -0.453. The van der Waals surface area contributed by atoms with Crippen LogP contribution in [-0.4, -0.2) is 31.6 Å². The number of amides is 2. The largest absolute Gasteiger partial charge is 0.490 e. The van der Waals surface area contributed by atoms with Crippen LogP contribution in [0.15, 0.2) is 36.4 Å². The van der Waals surface area contributed by atoms with E-state index >= 15 is 0 Å². The Balaban J connectivity index is 2.03. The Hall–Kier alpha value is -3.17. The number of unbranched alkanes of at least 4 members (excludes halogenated alkanes) is 1. The second-order valence-electron chi connectivity index (χ2n) is 6.38. The summed E-state index contributed by atoms with van der Waals surface area (Å²) in [7, 11) is 0. The zero-order valence-electron chi connectivity index (χ0n) is 17.1.